The minimum atomic E-state index is -0.883. The second-order valence-electron chi connectivity index (χ2n) is 8.82. The molecule has 0 aromatic heterocycles. The van der Waals surface area contributed by atoms with Crippen molar-refractivity contribution in [3.05, 3.63) is 35.4 Å². The summed E-state index contributed by atoms with van der Waals surface area (Å²) in [6.45, 7) is 4.39. The monoisotopic (exact) mass is 390 g/mol. The van der Waals surface area contributed by atoms with Crippen molar-refractivity contribution in [2.45, 2.75) is 78.1 Å². The maximum absolute atomic E-state index is 14.2. The number of allylic oxidation sites excluding steroid dienone is 1. The molecule has 0 amide bonds. The van der Waals surface area contributed by atoms with Gasteiger partial charge in [0.15, 0.2) is 11.6 Å². The Labute approximate surface area is 169 Å². The molecule has 156 valence electrons. The molecule has 3 rings (SSSR count). The highest BCUT2D eigenvalue weighted by Gasteiger charge is 2.30. The van der Waals surface area contributed by atoms with Crippen LogP contribution in [0.2, 0.25) is 0 Å². The highest BCUT2D eigenvalue weighted by molar-refractivity contribution is 5.52. The lowest BCUT2D eigenvalue weighted by Crippen LogP contribution is -2.25. The molecule has 0 spiro atoms. The van der Waals surface area contributed by atoms with Crippen LogP contribution in [0.4, 0.5) is 8.78 Å². The molecule has 0 aliphatic heterocycles. The van der Waals surface area contributed by atoms with Gasteiger partial charge in [-0.1, -0.05) is 44.8 Å². The summed E-state index contributed by atoms with van der Waals surface area (Å²) in [7, 11) is 0. The first-order valence-corrected chi connectivity index (χ1v) is 11.4. The molecule has 0 radical (unpaired) electrons. The lowest BCUT2D eigenvalue weighted by molar-refractivity contribution is 0.152. The van der Waals surface area contributed by atoms with E-state index in [0.717, 1.165) is 17.8 Å². The highest BCUT2D eigenvalue weighted by Crippen LogP contribution is 2.42. The van der Waals surface area contributed by atoms with Crippen LogP contribution in [0.15, 0.2) is 18.2 Å². The first kappa shape index (κ1) is 21.3. The second-order valence-corrected chi connectivity index (χ2v) is 8.82. The van der Waals surface area contributed by atoms with E-state index in [9.17, 15) is 8.78 Å². The van der Waals surface area contributed by atoms with E-state index >= 15 is 0 Å². The minimum Gasteiger partial charge on any atom is -0.491 e. The molecular formula is C25H36F2O. The van der Waals surface area contributed by atoms with E-state index in [1.165, 1.54) is 70.3 Å². The van der Waals surface area contributed by atoms with E-state index in [1.807, 2.05) is 0 Å². The van der Waals surface area contributed by atoms with Crippen LogP contribution in [0.1, 0.15) is 83.6 Å². The van der Waals surface area contributed by atoms with Gasteiger partial charge in [0.2, 0.25) is 5.82 Å². The van der Waals surface area contributed by atoms with Gasteiger partial charge in [0.1, 0.15) is 0 Å². The smallest absolute Gasteiger partial charge is 0.201 e. The molecule has 1 nitrogen and oxygen atoms in total. The van der Waals surface area contributed by atoms with E-state index < -0.39 is 11.6 Å². The fraction of sp³-hybridized carbons (Fsp3) is 0.680. The van der Waals surface area contributed by atoms with Crippen LogP contribution in [-0.4, -0.2) is 6.61 Å². The van der Waals surface area contributed by atoms with Crippen molar-refractivity contribution in [3.8, 4) is 5.75 Å². The van der Waals surface area contributed by atoms with Gasteiger partial charge in [-0.2, -0.15) is 4.39 Å². The average molecular weight is 391 g/mol. The second kappa shape index (κ2) is 10.4. The Morgan fingerprint density at radius 2 is 1.54 bits per heavy atom. The molecule has 1 aromatic rings. The molecule has 0 N–H and O–H groups in total. The van der Waals surface area contributed by atoms with E-state index in [0.29, 0.717) is 18.1 Å². The standard InChI is InChI=1S/C25H36F2O/c1-3-5-18-6-11-20(12-7-18)21-13-8-19(9-14-21)10-15-22-16-17-23(28-4-2)25(27)24(22)26/h10,15-21H,3-9,11-14H2,1-2H3. The summed E-state index contributed by atoms with van der Waals surface area (Å²) in [4.78, 5) is 0. The normalized spacial score (nSPS) is 28.6. The molecule has 2 fully saturated rings. The lowest BCUT2D eigenvalue weighted by Gasteiger charge is -2.37. The molecular weight excluding hydrogens is 354 g/mol. The van der Waals surface area contributed by atoms with Gasteiger partial charge in [-0.3, -0.25) is 0 Å². The number of ether oxygens (including phenoxy) is 1. The van der Waals surface area contributed by atoms with Crippen LogP contribution in [0, 0.1) is 35.3 Å². The average Bonchev–Trinajstić information content (AvgIpc) is 2.72. The van der Waals surface area contributed by atoms with Gasteiger partial charge in [0.05, 0.1) is 6.61 Å². The van der Waals surface area contributed by atoms with Gasteiger partial charge >= 0.3 is 0 Å². The summed E-state index contributed by atoms with van der Waals surface area (Å²) in [5.41, 5.74) is 0.317. The predicted molar refractivity (Wildman–Crippen MR) is 112 cm³/mol. The first-order chi connectivity index (χ1) is 13.6. The van der Waals surface area contributed by atoms with Crippen molar-refractivity contribution in [2.75, 3.05) is 6.61 Å². The van der Waals surface area contributed by atoms with Crippen molar-refractivity contribution in [1.82, 2.24) is 0 Å². The topological polar surface area (TPSA) is 9.23 Å². The molecule has 0 unspecified atom stereocenters. The van der Waals surface area contributed by atoms with Crippen LogP contribution in [0.5, 0.6) is 5.75 Å². The third-order valence-electron chi connectivity index (χ3n) is 7.00. The molecule has 3 heteroatoms. The molecule has 2 aliphatic carbocycles. The SMILES string of the molecule is CCCC1CCC(C2CCC(C=Cc3ccc(OCC)c(F)c3F)CC2)CC1. The molecule has 0 atom stereocenters. The predicted octanol–water partition coefficient (Wildman–Crippen LogP) is 7.79. The fourth-order valence-corrected chi connectivity index (χ4v) is 5.35. The number of hydrogen-bond acceptors (Lipinski definition) is 1. The van der Waals surface area contributed by atoms with Crippen molar-refractivity contribution >= 4 is 6.08 Å². The maximum atomic E-state index is 14.2. The van der Waals surface area contributed by atoms with E-state index in [4.69, 9.17) is 4.74 Å². The Morgan fingerprint density at radius 1 is 0.893 bits per heavy atom. The third kappa shape index (κ3) is 5.36. The largest absolute Gasteiger partial charge is 0.491 e. The summed E-state index contributed by atoms with van der Waals surface area (Å²) < 4.78 is 33.4. The zero-order valence-electron chi connectivity index (χ0n) is 17.6. The van der Waals surface area contributed by atoms with E-state index in [2.05, 4.69) is 13.0 Å². The van der Waals surface area contributed by atoms with Crippen LogP contribution >= 0.6 is 0 Å². The van der Waals surface area contributed by atoms with Gasteiger partial charge in [0.25, 0.3) is 0 Å². The molecule has 2 aliphatic rings. The molecule has 1 aromatic carbocycles. The van der Waals surface area contributed by atoms with Gasteiger partial charge in [-0.05, 0) is 81.3 Å². The van der Waals surface area contributed by atoms with Gasteiger partial charge in [-0.25, -0.2) is 4.39 Å². The Kier molecular flexibility index (Phi) is 7.93. The van der Waals surface area contributed by atoms with E-state index in [-0.39, 0.29) is 5.75 Å². The zero-order valence-corrected chi connectivity index (χ0v) is 17.6. The van der Waals surface area contributed by atoms with Gasteiger partial charge in [-0.15, -0.1) is 0 Å². The zero-order chi connectivity index (χ0) is 19.9. The van der Waals surface area contributed by atoms with Crippen LogP contribution in [0.25, 0.3) is 6.08 Å². The molecule has 0 heterocycles. The van der Waals surface area contributed by atoms with Crippen molar-refractivity contribution < 1.29 is 13.5 Å². The summed E-state index contributed by atoms with van der Waals surface area (Å²) in [5, 5.41) is 0. The van der Waals surface area contributed by atoms with Crippen molar-refractivity contribution in [3.63, 3.8) is 0 Å². The first-order valence-electron chi connectivity index (χ1n) is 11.4. The van der Waals surface area contributed by atoms with Crippen molar-refractivity contribution in [2.24, 2.45) is 23.7 Å². The van der Waals surface area contributed by atoms with Crippen LogP contribution in [0.3, 0.4) is 0 Å². The third-order valence-corrected chi connectivity index (χ3v) is 7.00. The van der Waals surface area contributed by atoms with Gasteiger partial charge in [0, 0.05) is 5.56 Å². The number of halogens is 2. The number of rotatable bonds is 7. The van der Waals surface area contributed by atoms with E-state index in [1.54, 1.807) is 19.1 Å². The molecule has 28 heavy (non-hydrogen) atoms. The molecule has 0 bridgehead atoms. The number of hydrogen-bond donors (Lipinski definition) is 0. The quantitative estimate of drug-likeness (QED) is 0.461. The number of benzene rings is 1. The minimum absolute atomic E-state index is 0.00804. The van der Waals surface area contributed by atoms with Gasteiger partial charge < -0.3 is 4.74 Å². The molecule has 0 saturated heterocycles. The lowest BCUT2D eigenvalue weighted by atomic mass is 9.68. The Morgan fingerprint density at radius 3 is 2.14 bits per heavy atom. The Bertz CT molecular complexity index is 638. The van der Waals surface area contributed by atoms with Crippen LogP contribution in [-0.2, 0) is 0 Å². The van der Waals surface area contributed by atoms with Crippen molar-refractivity contribution in [1.29, 1.82) is 0 Å². The summed E-state index contributed by atoms with van der Waals surface area (Å²) >= 11 is 0. The summed E-state index contributed by atoms with van der Waals surface area (Å²) in [6.07, 6.45) is 17.2. The highest BCUT2D eigenvalue weighted by atomic mass is 19.2. The van der Waals surface area contributed by atoms with Crippen LogP contribution < -0.4 is 4.74 Å². The maximum Gasteiger partial charge on any atom is 0.201 e. The molecule has 2 saturated carbocycles. The Hall–Kier alpha value is -1.38. The summed E-state index contributed by atoms with van der Waals surface area (Å²) in [5.74, 6) is 1.58. The Balaban J connectivity index is 1.49. The fourth-order valence-electron chi connectivity index (χ4n) is 5.35. The summed E-state index contributed by atoms with van der Waals surface area (Å²) in [6, 6.07) is 3.13.